The molecule has 0 spiro atoms. The van der Waals surface area contributed by atoms with E-state index in [1.807, 2.05) is 27.7 Å². The van der Waals surface area contributed by atoms with Gasteiger partial charge in [-0.25, -0.2) is 0 Å². The molecule has 0 saturated heterocycles. The largest absolute Gasteiger partial charge is 0.390 e. The first kappa shape index (κ1) is 43.9. The van der Waals surface area contributed by atoms with Crippen molar-refractivity contribution in [1.82, 2.24) is 26.6 Å². The fraction of sp³-hybridized carbons (Fsp3) is 0.676. The van der Waals surface area contributed by atoms with E-state index in [4.69, 9.17) is 0 Å². The molecule has 14 nitrogen and oxygen atoms in total. The highest BCUT2D eigenvalue weighted by molar-refractivity contribution is 5.99. The highest BCUT2D eigenvalue weighted by atomic mass is 16.6. The van der Waals surface area contributed by atoms with E-state index < -0.39 is 58.8 Å². The fourth-order valence-corrected chi connectivity index (χ4v) is 4.99. The smallest absolute Gasteiger partial charge is 0.270 e. The van der Waals surface area contributed by atoms with Crippen LogP contribution in [0.5, 0.6) is 0 Å². The van der Waals surface area contributed by atoms with E-state index in [1.54, 1.807) is 27.7 Å². The van der Waals surface area contributed by atoms with Gasteiger partial charge in [0.2, 0.25) is 23.6 Å². The molecule has 0 radical (unpaired) electrons. The maximum absolute atomic E-state index is 13.5. The summed E-state index contributed by atoms with van der Waals surface area (Å²) in [5.41, 5.74) is -0.248. The third-order valence-corrected chi connectivity index (χ3v) is 7.84. The molecule has 5 amide bonds. The van der Waals surface area contributed by atoms with Crippen LogP contribution in [-0.4, -0.2) is 76.4 Å². The molecule has 1 rings (SSSR count). The second-order valence-electron chi connectivity index (χ2n) is 12.7. The van der Waals surface area contributed by atoms with Crippen molar-refractivity contribution >= 4 is 35.2 Å². The zero-order valence-corrected chi connectivity index (χ0v) is 28.9. The van der Waals surface area contributed by atoms with Crippen molar-refractivity contribution in [2.24, 2.45) is 17.8 Å². The zero-order chi connectivity index (χ0) is 35.8. The number of non-ortho nitro benzene ring substituents is 1. The van der Waals surface area contributed by atoms with Gasteiger partial charge < -0.3 is 31.7 Å². The standard InChI is InChI=1S/C33H54N6O8.CH4/c1-9-13-24(35-33(45)29(21(8)10-2)38-30(42)22-14-12-15-23(17-22)39(46)47)31(43)36-25(16-19(4)5)26(40)18-27(41)37-28(20(6)7)32(44)34-11-3;/h12,14-15,17,19-21,24-26,28-29,40H,9-11,13,16,18H2,1-8H3,(H,34,44)(H,35,45)(H,36,43)(H,37,41)(H,38,42);1H4/t21-,24-,25-,26-,28-,29-;/m0./s1. The molecule has 272 valence electrons. The van der Waals surface area contributed by atoms with Crippen molar-refractivity contribution in [3.8, 4) is 0 Å². The summed E-state index contributed by atoms with van der Waals surface area (Å²) in [6.07, 6.45) is 0.0139. The van der Waals surface area contributed by atoms with Crippen LogP contribution in [0.4, 0.5) is 5.69 Å². The van der Waals surface area contributed by atoms with Crippen molar-refractivity contribution in [3.63, 3.8) is 0 Å². The summed E-state index contributed by atoms with van der Waals surface area (Å²) in [4.78, 5) is 75.9. The van der Waals surface area contributed by atoms with Gasteiger partial charge >= 0.3 is 0 Å². The van der Waals surface area contributed by atoms with Gasteiger partial charge in [-0.15, -0.1) is 0 Å². The Balaban J connectivity index is 0.0000221. The molecule has 0 aromatic heterocycles. The number of aliphatic hydroxyl groups is 1. The minimum atomic E-state index is -1.27. The van der Waals surface area contributed by atoms with Crippen LogP contribution in [-0.2, 0) is 19.2 Å². The van der Waals surface area contributed by atoms with Gasteiger partial charge in [-0.2, -0.15) is 0 Å². The van der Waals surface area contributed by atoms with Crippen LogP contribution in [0.2, 0.25) is 0 Å². The zero-order valence-electron chi connectivity index (χ0n) is 28.9. The normalized spacial score (nSPS) is 14.7. The number of hydrogen-bond donors (Lipinski definition) is 6. The number of carbonyl (C=O) groups excluding carboxylic acids is 5. The summed E-state index contributed by atoms with van der Waals surface area (Å²) in [6.45, 7) is 15.0. The van der Waals surface area contributed by atoms with Crippen LogP contribution in [0, 0.1) is 27.9 Å². The second-order valence-corrected chi connectivity index (χ2v) is 12.7. The molecule has 0 saturated carbocycles. The van der Waals surface area contributed by atoms with Gasteiger partial charge in [0.05, 0.1) is 23.5 Å². The molecule has 0 unspecified atom stereocenters. The first-order chi connectivity index (χ1) is 22.1. The van der Waals surface area contributed by atoms with Crippen molar-refractivity contribution in [2.45, 2.75) is 125 Å². The first-order valence-corrected chi connectivity index (χ1v) is 16.5. The Bertz CT molecular complexity index is 1220. The summed E-state index contributed by atoms with van der Waals surface area (Å²) >= 11 is 0. The summed E-state index contributed by atoms with van der Waals surface area (Å²) in [5, 5.41) is 35.8. The average Bonchev–Trinajstić information content (AvgIpc) is 3.00. The molecule has 6 N–H and O–H groups in total. The molecule has 0 aliphatic heterocycles. The SMILES string of the molecule is C.CCC[C@H](NC(=O)[C@@H](NC(=O)c1cccc([N+](=O)[O-])c1)[C@@H](C)CC)C(=O)N[C@@H](CC(C)C)[C@@H](O)CC(=O)N[C@H](C(=O)NCC)C(C)C. The molecule has 0 fully saturated rings. The predicted molar refractivity (Wildman–Crippen MR) is 185 cm³/mol. The molecular formula is C34H58N6O8. The number of likely N-dealkylation sites (N-methyl/N-ethyl adjacent to an activating group) is 1. The van der Waals surface area contributed by atoms with Crippen LogP contribution in [0.3, 0.4) is 0 Å². The van der Waals surface area contributed by atoms with E-state index in [0.29, 0.717) is 25.8 Å². The van der Waals surface area contributed by atoms with E-state index >= 15 is 0 Å². The molecule has 0 aliphatic carbocycles. The molecule has 1 aromatic carbocycles. The monoisotopic (exact) mass is 678 g/mol. The number of carbonyl (C=O) groups is 5. The average molecular weight is 679 g/mol. The van der Waals surface area contributed by atoms with Crippen molar-refractivity contribution in [3.05, 3.63) is 39.9 Å². The molecule has 1 aromatic rings. The number of hydrogen-bond acceptors (Lipinski definition) is 8. The number of nitrogens with zero attached hydrogens (tertiary/aromatic N) is 1. The predicted octanol–water partition coefficient (Wildman–Crippen LogP) is 3.22. The molecule has 0 heterocycles. The van der Waals surface area contributed by atoms with Crippen LogP contribution < -0.4 is 26.6 Å². The van der Waals surface area contributed by atoms with Gasteiger partial charge in [-0.1, -0.05) is 74.8 Å². The van der Waals surface area contributed by atoms with E-state index in [1.165, 1.54) is 18.2 Å². The van der Waals surface area contributed by atoms with E-state index in [2.05, 4.69) is 26.6 Å². The van der Waals surface area contributed by atoms with Crippen LogP contribution in [0.25, 0.3) is 0 Å². The number of rotatable bonds is 20. The molecule has 0 aliphatic rings. The number of nitro groups is 1. The van der Waals surface area contributed by atoms with Crippen LogP contribution in [0.1, 0.15) is 105 Å². The lowest BCUT2D eigenvalue weighted by molar-refractivity contribution is -0.384. The Labute approximate surface area is 285 Å². The minimum Gasteiger partial charge on any atom is -0.390 e. The van der Waals surface area contributed by atoms with E-state index in [0.717, 1.165) is 6.07 Å². The second kappa shape index (κ2) is 21.7. The van der Waals surface area contributed by atoms with Gasteiger partial charge in [0, 0.05) is 24.2 Å². The number of amides is 5. The molecule has 6 atom stereocenters. The topological polar surface area (TPSA) is 209 Å². The van der Waals surface area contributed by atoms with E-state index in [9.17, 15) is 39.2 Å². The summed E-state index contributed by atoms with van der Waals surface area (Å²) in [7, 11) is 0. The summed E-state index contributed by atoms with van der Waals surface area (Å²) in [6, 6.07) is 1.50. The van der Waals surface area contributed by atoms with Gasteiger partial charge in [0.25, 0.3) is 11.6 Å². The van der Waals surface area contributed by atoms with Crippen LogP contribution >= 0.6 is 0 Å². The number of benzene rings is 1. The van der Waals surface area contributed by atoms with Gasteiger partial charge in [0.1, 0.15) is 18.1 Å². The summed E-state index contributed by atoms with van der Waals surface area (Å²) < 4.78 is 0. The molecule has 48 heavy (non-hydrogen) atoms. The molecular weight excluding hydrogens is 620 g/mol. The van der Waals surface area contributed by atoms with Crippen molar-refractivity contribution < 1.29 is 34.0 Å². The van der Waals surface area contributed by atoms with Crippen molar-refractivity contribution in [2.75, 3.05) is 6.54 Å². The lowest BCUT2D eigenvalue weighted by Crippen LogP contribution is -2.58. The molecule has 14 heteroatoms. The number of aliphatic hydroxyl groups excluding tert-OH is 1. The fourth-order valence-electron chi connectivity index (χ4n) is 4.99. The lowest BCUT2D eigenvalue weighted by atomic mass is 9.95. The Morgan fingerprint density at radius 1 is 0.875 bits per heavy atom. The Morgan fingerprint density at radius 3 is 2.04 bits per heavy atom. The van der Waals surface area contributed by atoms with Crippen LogP contribution in [0.15, 0.2) is 24.3 Å². The highest BCUT2D eigenvalue weighted by Crippen LogP contribution is 2.16. The third kappa shape index (κ3) is 14.4. The Morgan fingerprint density at radius 2 is 1.52 bits per heavy atom. The summed E-state index contributed by atoms with van der Waals surface area (Å²) in [5.74, 6) is -3.19. The quantitative estimate of drug-likeness (QED) is 0.0889. The highest BCUT2D eigenvalue weighted by Gasteiger charge is 2.33. The van der Waals surface area contributed by atoms with E-state index in [-0.39, 0.29) is 55.2 Å². The number of nitrogens with one attached hydrogen (secondary N) is 5. The number of nitro benzene ring substituents is 1. The Hall–Kier alpha value is -4.07. The maximum atomic E-state index is 13.5. The van der Waals surface area contributed by atoms with Crippen molar-refractivity contribution in [1.29, 1.82) is 0 Å². The lowest BCUT2D eigenvalue weighted by Gasteiger charge is -2.30. The maximum Gasteiger partial charge on any atom is 0.270 e. The van der Waals surface area contributed by atoms with Gasteiger partial charge in [-0.05, 0) is 43.6 Å². The minimum absolute atomic E-state index is 0. The van der Waals surface area contributed by atoms with Gasteiger partial charge in [0.15, 0.2) is 0 Å². The molecule has 0 bridgehead atoms. The first-order valence-electron chi connectivity index (χ1n) is 16.5. The Kier molecular flexibility index (Phi) is 19.9. The third-order valence-electron chi connectivity index (χ3n) is 7.84. The van der Waals surface area contributed by atoms with Gasteiger partial charge in [-0.3, -0.25) is 34.1 Å².